The van der Waals surface area contributed by atoms with Gasteiger partial charge in [-0.05, 0) is 18.2 Å². The molecule has 2 rings (SSSR count). The van der Waals surface area contributed by atoms with Crippen LogP contribution in [-0.4, -0.2) is 9.97 Å². The highest BCUT2D eigenvalue weighted by Crippen LogP contribution is 2.15. The van der Waals surface area contributed by atoms with Gasteiger partial charge in [-0.2, -0.15) is 5.26 Å². The first-order valence-electron chi connectivity index (χ1n) is 4.50. The van der Waals surface area contributed by atoms with E-state index in [0.29, 0.717) is 11.4 Å². The second kappa shape index (κ2) is 4.55. The zero-order valence-electron chi connectivity index (χ0n) is 8.18. The first-order valence-corrected chi connectivity index (χ1v) is 5.38. The molecule has 0 radical (unpaired) electrons. The van der Waals surface area contributed by atoms with Crippen molar-refractivity contribution in [2.45, 2.75) is 0 Å². The molecular weight excluding hydrogens is 222 g/mol. The molecule has 0 bridgehead atoms. The third kappa shape index (κ3) is 2.43. The van der Waals surface area contributed by atoms with Crippen LogP contribution < -0.4 is 5.56 Å². The molecule has 0 spiro atoms. The van der Waals surface area contributed by atoms with E-state index < -0.39 is 0 Å². The normalized spacial score (nSPS) is 10.4. The molecule has 78 valence electrons. The molecule has 0 atom stereocenters. The van der Waals surface area contributed by atoms with Gasteiger partial charge in [0.15, 0.2) is 0 Å². The molecule has 0 fully saturated rings. The number of thiophene rings is 1. The van der Waals surface area contributed by atoms with Gasteiger partial charge in [0.05, 0.1) is 5.56 Å². The van der Waals surface area contributed by atoms with Crippen molar-refractivity contribution in [2.24, 2.45) is 0 Å². The molecule has 16 heavy (non-hydrogen) atoms. The number of H-pyrrole nitrogens is 1. The van der Waals surface area contributed by atoms with Crippen LogP contribution in [0.25, 0.3) is 12.2 Å². The summed E-state index contributed by atoms with van der Waals surface area (Å²) in [6.45, 7) is 0. The maximum atomic E-state index is 11.0. The number of nitrogens with one attached hydrogen (secondary N) is 1. The fraction of sp³-hybridized carbons (Fsp3) is 0. The van der Waals surface area contributed by atoms with Gasteiger partial charge in [0.2, 0.25) is 0 Å². The molecule has 0 amide bonds. The second-order valence-electron chi connectivity index (χ2n) is 3.00. The number of aromatic nitrogens is 2. The summed E-state index contributed by atoms with van der Waals surface area (Å²) in [6, 6.07) is 5.20. The molecule has 0 aliphatic heterocycles. The van der Waals surface area contributed by atoms with Crippen molar-refractivity contribution in [1.29, 1.82) is 5.26 Å². The van der Waals surface area contributed by atoms with Crippen molar-refractivity contribution in [3.05, 3.63) is 50.3 Å². The molecule has 0 aliphatic carbocycles. The van der Waals surface area contributed by atoms with Gasteiger partial charge < -0.3 is 4.98 Å². The third-order valence-corrected chi connectivity index (χ3v) is 2.74. The lowest BCUT2D eigenvalue weighted by Crippen LogP contribution is -2.05. The van der Waals surface area contributed by atoms with Crippen LogP contribution in [0, 0.1) is 11.3 Å². The van der Waals surface area contributed by atoms with Crippen molar-refractivity contribution in [2.75, 3.05) is 0 Å². The Morgan fingerprint density at radius 1 is 1.50 bits per heavy atom. The van der Waals surface area contributed by atoms with Crippen LogP contribution in [0.1, 0.15) is 16.3 Å². The molecular formula is C11H7N3OS. The van der Waals surface area contributed by atoms with Crippen LogP contribution in [0.15, 0.2) is 28.5 Å². The first kappa shape index (κ1) is 10.3. The minimum atomic E-state index is -0.182. The van der Waals surface area contributed by atoms with Gasteiger partial charge in [0, 0.05) is 22.5 Å². The predicted octanol–water partition coefficient (Wildman–Crippen LogP) is 1.87. The smallest absolute Gasteiger partial charge is 0.251 e. The highest BCUT2D eigenvalue weighted by atomic mass is 32.1. The highest BCUT2D eigenvalue weighted by Gasteiger charge is 1.95. The summed E-state index contributed by atoms with van der Waals surface area (Å²) in [5, 5.41) is 10.4. The summed E-state index contributed by atoms with van der Waals surface area (Å²) in [4.78, 5) is 18.5. The van der Waals surface area contributed by atoms with Gasteiger partial charge in [-0.1, -0.05) is 0 Å². The van der Waals surface area contributed by atoms with E-state index in [2.05, 4.69) is 16.0 Å². The third-order valence-electron chi connectivity index (χ3n) is 1.85. The topological polar surface area (TPSA) is 69.5 Å². The molecule has 0 saturated carbocycles. The summed E-state index contributed by atoms with van der Waals surface area (Å²) in [6.07, 6.45) is 4.96. The van der Waals surface area contributed by atoms with Crippen LogP contribution in [0.2, 0.25) is 0 Å². The molecule has 2 heterocycles. The van der Waals surface area contributed by atoms with E-state index in [1.54, 1.807) is 17.5 Å². The van der Waals surface area contributed by atoms with Crippen molar-refractivity contribution in [1.82, 2.24) is 9.97 Å². The Kier molecular flexibility index (Phi) is 2.94. The molecule has 4 nitrogen and oxygen atoms in total. The van der Waals surface area contributed by atoms with Gasteiger partial charge in [-0.3, -0.25) is 4.79 Å². The Morgan fingerprint density at radius 2 is 2.38 bits per heavy atom. The largest absolute Gasteiger partial charge is 0.307 e. The van der Waals surface area contributed by atoms with Crippen LogP contribution in [-0.2, 0) is 0 Å². The van der Waals surface area contributed by atoms with Crippen molar-refractivity contribution < 1.29 is 0 Å². The van der Waals surface area contributed by atoms with E-state index in [-0.39, 0.29) is 5.56 Å². The Labute approximate surface area is 95.5 Å². The molecule has 0 saturated heterocycles. The average molecular weight is 229 g/mol. The Morgan fingerprint density at radius 3 is 3.06 bits per heavy atom. The second-order valence-corrected chi connectivity index (χ2v) is 3.95. The Balaban J connectivity index is 2.21. The SMILES string of the molecule is N#Cc1csc(/C=C/c2nccc(=O)[nH]2)c1. The van der Waals surface area contributed by atoms with Crippen LogP contribution in [0.4, 0.5) is 0 Å². The predicted molar refractivity (Wildman–Crippen MR) is 62.8 cm³/mol. The minimum Gasteiger partial charge on any atom is -0.307 e. The maximum absolute atomic E-state index is 11.0. The van der Waals surface area contributed by atoms with E-state index in [0.717, 1.165) is 4.88 Å². The summed E-state index contributed by atoms with van der Waals surface area (Å²) in [5.41, 5.74) is 0.456. The molecule has 1 N–H and O–H groups in total. The Hall–Kier alpha value is -2.19. The maximum Gasteiger partial charge on any atom is 0.251 e. The van der Waals surface area contributed by atoms with E-state index in [4.69, 9.17) is 5.26 Å². The number of nitriles is 1. The molecule has 2 aromatic heterocycles. The lowest BCUT2D eigenvalue weighted by molar-refractivity contribution is 1.09. The monoisotopic (exact) mass is 229 g/mol. The molecule has 5 heteroatoms. The van der Waals surface area contributed by atoms with E-state index in [1.807, 2.05) is 6.08 Å². The highest BCUT2D eigenvalue weighted by molar-refractivity contribution is 7.11. The number of nitrogens with zero attached hydrogens (tertiary/aromatic N) is 2. The van der Waals surface area contributed by atoms with E-state index in [1.165, 1.54) is 23.6 Å². The molecule has 0 aromatic carbocycles. The summed E-state index contributed by atoms with van der Waals surface area (Å²) in [5.74, 6) is 0.499. The number of hydrogen-bond donors (Lipinski definition) is 1. The minimum absolute atomic E-state index is 0.182. The van der Waals surface area contributed by atoms with Crippen LogP contribution in [0.5, 0.6) is 0 Å². The average Bonchev–Trinajstić information content (AvgIpc) is 2.74. The number of rotatable bonds is 2. The summed E-state index contributed by atoms with van der Waals surface area (Å²) in [7, 11) is 0. The first-order chi connectivity index (χ1) is 7.78. The lowest BCUT2D eigenvalue weighted by atomic mass is 10.3. The Bertz CT molecular complexity index is 618. The lowest BCUT2D eigenvalue weighted by Gasteiger charge is -1.89. The number of aromatic amines is 1. The van der Waals surface area contributed by atoms with Gasteiger partial charge in [-0.15, -0.1) is 11.3 Å². The van der Waals surface area contributed by atoms with Crippen LogP contribution in [0.3, 0.4) is 0 Å². The summed E-state index contributed by atoms with van der Waals surface area (Å²) >= 11 is 1.47. The zero-order valence-corrected chi connectivity index (χ0v) is 8.99. The van der Waals surface area contributed by atoms with Gasteiger partial charge >= 0.3 is 0 Å². The molecule has 0 aliphatic rings. The quantitative estimate of drug-likeness (QED) is 0.854. The molecule has 0 unspecified atom stereocenters. The van der Waals surface area contributed by atoms with Crippen molar-refractivity contribution in [3.8, 4) is 6.07 Å². The van der Waals surface area contributed by atoms with Gasteiger partial charge in [0.1, 0.15) is 11.9 Å². The standard InChI is InChI=1S/C11H7N3OS/c12-6-8-5-9(16-7-8)1-2-10-13-4-3-11(15)14-10/h1-5,7H,(H,13,14,15)/b2-1+. The fourth-order valence-electron chi connectivity index (χ4n) is 1.13. The van der Waals surface area contributed by atoms with E-state index in [9.17, 15) is 4.79 Å². The number of hydrogen-bond acceptors (Lipinski definition) is 4. The fourth-order valence-corrected chi connectivity index (χ4v) is 1.86. The van der Waals surface area contributed by atoms with Crippen LogP contribution >= 0.6 is 11.3 Å². The van der Waals surface area contributed by atoms with E-state index >= 15 is 0 Å². The zero-order chi connectivity index (χ0) is 11.4. The van der Waals surface area contributed by atoms with Gasteiger partial charge in [-0.25, -0.2) is 4.98 Å². The molecule has 2 aromatic rings. The summed E-state index contributed by atoms with van der Waals surface area (Å²) < 4.78 is 0. The van der Waals surface area contributed by atoms with Crippen molar-refractivity contribution >= 4 is 23.5 Å². The van der Waals surface area contributed by atoms with Crippen molar-refractivity contribution in [3.63, 3.8) is 0 Å². The van der Waals surface area contributed by atoms with Gasteiger partial charge in [0.25, 0.3) is 5.56 Å².